The van der Waals surface area contributed by atoms with Crippen LogP contribution >= 0.6 is 11.6 Å². The Morgan fingerprint density at radius 1 is 1.22 bits per heavy atom. The summed E-state index contributed by atoms with van der Waals surface area (Å²) in [6, 6.07) is 4.21. The molecule has 0 unspecified atom stereocenters. The molecule has 1 N–H and O–H groups in total. The third-order valence-electron chi connectivity index (χ3n) is 4.53. The van der Waals surface area contributed by atoms with E-state index in [4.69, 9.17) is 11.6 Å². The second-order valence-electron chi connectivity index (χ2n) is 7.16. The van der Waals surface area contributed by atoms with Crippen LogP contribution in [-0.2, 0) is 14.8 Å². The number of nitrogens with zero attached hydrogens (tertiary/aromatic N) is 2. The molecule has 1 fully saturated rings. The molecule has 0 spiro atoms. The zero-order chi connectivity index (χ0) is 20.4. The van der Waals surface area contributed by atoms with E-state index in [2.05, 4.69) is 5.32 Å². The van der Waals surface area contributed by atoms with E-state index in [9.17, 15) is 18.0 Å². The van der Waals surface area contributed by atoms with Gasteiger partial charge >= 0.3 is 0 Å². The average molecular weight is 416 g/mol. The summed E-state index contributed by atoms with van der Waals surface area (Å²) in [6.45, 7) is 4.67. The molecule has 2 rings (SSSR count). The molecule has 1 aliphatic heterocycles. The molecule has 0 atom stereocenters. The normalized spacial score (nSPS) is 16.0. The van der Waals surface area contributed by atoms with E-state index in [-0.39, 0.29) is 39.3 Å². The van der Waals surface area contributed by atoms with Gasteiger partial charge in [0, 0.05) is 39.1 Å². The Morgan fingerprint density at radius 2 is 1.81 bits per heavy atom. The summed E-state index contributed by atoms with van der Waals surface area (Å²) >= 11 is 6.16. The smallest absolute Gasteiger partial charge is 0.255 e. The third-order valence-corrected chi connectivity index (χ3v) is 6.67. The number of likely N-dealkylation sites (tertiary alicyclic amines) is 1. The summed E-state index contributed by atoms with van der Waals surface area (Å²) in [5, 5.41) is 3.10. The van der Waals surface area contributed by atoms with Gasteiger partial charge in [-0.1, -0.05) is 11.6 Å². The molecule has 7 nitrogen and oxygen atoms in total. The van der Waals surface area contributed by atoms with Gasteiger partial charge < -0.3 is 10.2 Å². The summed E-state index contributed by atoms with van der Waals surface area (Å²) < 4.78 is 25.7. The SMILES string of the molecule is CC(C)NC(=O)C1CCN(C(=O)c2cc(S(=O)(=O)N(C)C)ccc2Cl)CC1. The van der Waals surface area contributed by atoms with Crippen molar-refractivity contribution in [1.29, 1.82) is 0 Å². The fourth-order valence-corrected chi connectivity index (χ4v) is 4.08. The van der Waals surface area contributed by atoms with Gasteiger partial charge in [0.1, 0.15) is 0 Å². The zero-order valence-electron chi connectivity index (χ0n) is 16.0. The Morgan fingerprint density at radius 3 is 2.33 bits per heavy atom. The Labute approximate surface area is 165 Å². The highest BCUT2D eigenvalue weighted by Gasteiger charge is 2.29. The summed E-state index contributed by atoms with van der Waals surface area (Å²) in [5.74, 6) is -0.430. The van der Waals surface area contributed by atoms with Crippen LogP contribution in [0, 0.1) is 5.92 Å². The first-order valence-electron chi connectivity index (χ1n) is 8.85. The molecule has 0 aliphatic carbocycles. The monoisotopic (exact) mass is 415 g/mol. The Kier molecular flexibility index (Phi) is 6.88. The maximum atomic E-state index is 12.9. The van der Waals surface area contributed by atoms with Gasteiger partial charge in [0.15, 0.2) is 0 Å². The molecule has 9 heteroatoms. The van der Waals surface area contributed by atoms with Crippen molar-refractivity contribution >= 4 is 33.4 Å². The Bertz CT molecular complexity index is 816. The van der Waals surface area contributed by atoms with Crippen molar-refractivity contribution in [3.63, 3.8) is 0 Å². The highest BCUT2D eigenvalue weighted by Crippen LogP contribution is 2.26. The molecular weight excluding hydrogens is 390 g/mol. The first-order valence-corrected chi connectivity index (χ1v) is 10.7. The van der Waals surface area contributed by atoms with Gasteiger partial charge in [-0.25, -0.2) is 12.7 Å². The third kappa shape index (κ3) is 5.00. The standard InChI is InChI=1S/C18H26ClN3O4S/c1-12(2)20-17(23)13-7-9-22(10-8-13)18(24)15-11-14(5-6-16(15)19)27(25,26)21(3)4/h5-6,11-13H,7-10H2,1-4H3,(H,20,23). The maximum Gasteiger partial charge on any atom is 0.255 e. The fraction of sp³-hybridized carbons (Fsp3) is 0.556. The fourth-order valence-electron chi connectivity index (χ4n) is 2.96. The lowest BCUT2D eigenvalue weighted by Gasteiger charge is -2.32. The number of sulfonamides is 1. The van der Waals surface area contributed by atoms with Crippen LogP contribution in [0.3, 0.4) is 0 Å². The van der Waals surface area contributed by atoms with E-state index in [0.717, 1.165) is 4.31 Å². The van der Waals surface area contributed by atoms with Crippen molar-refractivity contribution in [2.45, 2.75) is 37.6 Å². The number of halogens is 1. The van der Waals surface area contributed by atoms with Crippen LogP contribution in [0.2, 0.25) is 5.02 Å². The summed E-state index contributed by atoms with van der Waals surface area (Å²) in [6.07, 6.45) is 1.13. The van der Waals surface area contributed by atoms with Crippen molar-refractivity contribution in [2.75, 3.05) is 27.2 Å². The van der Waals surface area contributed by atoms with Crippen molar-refractivity contribution < 1.29 is 18.0 Å². The van der Waals surface area contributed by atoms with Gasteiger partial charge in [-0.2, -0.15) is 0 Å². The molecule has 0 radical (unpaired) electrons. The second kappa shape index (κ2) is 8.58. The van der Waals surface area contributed by atoms with Gasteiger partial charge in [0.2, 0.25) is 15.9 Å². The van der Waals surface area contributed by atoms with Crippen molar-refractivity contribution in [2.24, 2.45) is 5.92 Å². The minimum atomic E-state index is -3.66. The number of hydrogen-bond donors (Lipinski definition) is 1. The molecule has 1 aromatic rings. The van der Waals surface area contributed by atoms with E-state index in [1.165, 1.54) is 32.3 Å². The van der Waals surface area contributed by atoms with Crippen LogP contribution < -0.4 is 5.32 Å². The number of hydrogen-bond acceptors (Lipinski definition) is 4. The van der Waals surface area contributed by atoms with Crippen LogP contribution in [0.25, 0.3) is 0 Å². The van der Waals surface area contributed by atoms with Gasteiger partial charge in [-0.3, -0.25) is 9.59 Å². The average Bonchev–Trinajstić information content (AvgIpc) is 2.60. The molecule has 0 aromatic heterocycles. The minimum absolute atomic E-state index is 0.00852. The summed E-state index contributed by atoms with van der Waals surface area (Å²) in [4.78, 5) is 26.6. The zero-order valence-corrected chi connectivity index (χ0v) is 17.6. The quantitative estimate of drug-likeness (QED) is 0.796. The van der Waals surface area contributed by atoms with Crippen molar-refractivity contribution in [3.05, 3.63) is 28.8 Å². The van der Waals surface area contributed by atoms with Crippen LogP contribution in [0.1, 0.15) is 37.0 Å². The molecule has 1 aliphatic rings. The molecule has 1 heterocycles. The number of amides is 2. The minimum Gasteiger partial charge on any atom is -0.354 e. The number of rotatable bonds is 5. The van der Waals surface area contributed by atoms with E-state index in [1.54, 1.807) is 4.90 Å². The molecule has 0 bridgehead atoms. The number of piperidine rings is 1. The summed E-state index contributed by atoms with van der Waals surface area (Å²) in [7, 11) is -0.803. The largest absolute Gasteiger partial charge is 0.354 e. The molecule has 0 saturated carbocycles. The molecule has 150 valence electrons. The lowest BCUT2D eigenvalue weighted by Crippen LogP contribution is -2.44. The first-order chi connectivity index (χ1) is 12.5. The number of carbonyl (C=O) groups is 2. The highest BCUT2D eigenvalue weighted by atomic mass is 35.5. The Balaban J connectivity index is 2.14. The molecule has 27 heavy (non-hydrogen) atoms. The molecular formula is C18H26ClN3O4S. The predicted molar refractivity (Wildman–Crippen MR) is 104 cm³/mol. The molecule has 1 saturated heterocycles. The van der Waals surface area contributed by atoms with Crippen LogP contribution in [0.4, 0.5) is 0 Å². The Hall–Kier alpha value is -1.64. The van der Waals surface area contributed by atoms with E-state index < -0.39 is 10.0 Å². The van der Waals surface area contributed by atoms with Gasteiger partial charge in [-0.15, -0.1) is 0 Å². The van der Waals surface area contributed by atoms with E-state index >= 15 is 0 Å². The highest BCUT2D eigenvalue weighted by molar-refractivity contribution is 7.89. The number of nitrogens with one attached hydrogen (secondary N) is 1. The van der Waals surface area contributed by atoms with E-state index in [1.807, 2.05) is 13.8 Å². The summed E-state index contributed by atoms with van der Waals surface area (Å²) in [5.41, 5.74) is 0.157. The van der Waals surface area contributed by atoms with Gasteiger partial charge in [0.25, 0.3) is 5.91 Å². The van der Waals surface area contributed by atoms with E-state index in [0.29, 0.717) is 25.9 Å². The van der Waals surface area contributed by atoms with Crippen LogP contribution in [0.5, 0.6) is 0 Å². The molecule has 1 aromatic carbocycles. The van der Waals surface area contributed by atoms with Crippen molar-refractivity contribution in [1.82, 2.24) is 14.5 Å². The van der Waals surface area contributed by atoms with Crippen LogP contribution in [0.15, 0.2) is 23.1 Å². The van der Waals surface area contributed by atoms with Gasteiger partial charge in [0.05, 0.1) is 15.5 Å². The predicted octanol–water partition coefficient (Wildman–Crippen LogP) is 1.97. The first kappa shape index (κ1) is 21.7. The number of benzene rings is 1. The molecule has 2 amide bonds. The second-order valence-corrected chi connectivity index (χ2v) is 9.72. The van der Waals surface area contributed by atoms with Crippen LogP contribution in [-0.4, -0.2) is 62.7 Å². The van der Waals surface area contributed by atoms with Crippen molar-refractivity contribution in [3.8, 4) is 0 Å². The topological polar surface area (TPSA) is 86.8 Å². The lowest BCUT2D eigenvalue weighted by atomic mass is 9.95. The van der Waals surface area contributed by atoms with Gasteiger partial charge in [-0.05, 0) is 44.9 Å². The number of carbonyl (C=O) groups excluding carboxylic acids is 2. The maximum absolute atomic E-state index is 12.9. The lowest BCUT2D eigenvalue weighted by molar-refractivity contribution is -0.126.